The van der Waals surface area contributed by atoms with E-state index in [0.29, 0.717) is 0 Å². The molecule has 0 radical (unpaired) electrons. The average molecular weight is 808 g/mol. The summed E-state index contributed by atoms with van der Waals surface area (Å²) in [5.41, 5.74) is 26.2. The normalized spacial score (nSPS) is 13.1. The zero-order chi connectivity index (χ0) is 41.6. The van der Waals surface area contributed by atoms with Crippen molar-refractivity contribution in [2.45, 2.75) is 0 Å². The van der Waals surface area contributed by atoms with Crippen molar-refractivity contribution < 1.29 is 4.74 Å². The molecule has 0 atom stereocenters. The predicted octanol–water partition coefficient (Wildman–Crippen LogP) is 10.9. The molecule has 4 aliphatic heterocycles. The molecule has 4 aliphatic rings. The first kappa shape index (κ1) is 34.5. The molecule has 5 heterocycles. The summed E-state index contributed by atoms with van der Waals surface area (Å²) in [6.45, 7) is -0.216. The van der Waals surface area contributed by atoms with Gasteiger partial charge in [-0.25, -0.2) is 0 Å². The van der Waals surface area contributed by atoms with Gasteiger partial charge in [-0.1, -0.05) is 199 Å². The van der Waals surface area contributed by atoms with Gasteiger partial charge in [0.2, 0.25) is 6.71 Å². The highest BCUT2D eigenvalue weighted by Gasteiger charge is 2.44. The molecule has 292 valence electrons. The topological polar surface area (TPSA) is 14.2 Å². The summed E-state index contributed by atoms with van der Waals surface area (Å²) in [6, 6.07) is 79.4. The number of hydrogen-bond acceptors (Lipinski definition) is 1. The van der Waals surface area contributed by atoms with Crippen LogP contribution < -0.4 is 37.5 Å². The Bertz CT molecular complexity index is 3860. The van der Waals surface area contributed by atoms with Crippen LogP contribution >= 0.6 is 0 Å². The van der Waals surface area contributed by atoms with Crippen molar-refractivity contribution in [3.05, 3.63) is 212 Å². The Labute approximate surface area is 371 Å². The summed E-state index contributed by atoms with van der Waals surface area (Å²) in [5.74, 6) is 1.84. The van der Waals surface area contributed by atoms with Crippen molar-refractivity contribution in [2.24, 2.45) is 0 Å². The molecule has 0 saturated carbocycles. The van der Waals surface area contributed by atoms with Crippen LogP contribution in [0.25, 0.3) is 94.3 Å². The number of hydrogen-bond donors (Lipinski definition) is 0. The Hall–Kier alpha value is -8.07. The molecular weight excluding hydrogens is 772 g/mol. The van der Waals surface area contributed by atoms with E-state index in [1.54, 1.807) is 0 Å². The van der Waals surface area contributed by atoms with E-state index >= 15 is 0 Å². The Morgan fingerprint density at radius 1 is 0.312 bits per heavy atom. The van der Waals surface area contributed by atoms with Crippen LogP contribution in [0, 0.1) is 0 Å². The van der Waals surface area contributed by atoms with Crippen molar-refractivity contribution in [1.82, 2.24) is 4.57 Å². The minimum atomic E-state index is -0.127. The van der Waals surface area contributed by atoms with E-state index in [1.807, 2.05) is 0 Å². The summed E-state index contributed by atoms with van der Waals surface area (Å²) in [6.07, 6.45) is 0. The number of benzene rings is 10. The van der Waals surface area contributed by atoms with Crippen molar-refractivity contribution in [1.29, 1.82) is 0 Å². The fraction of sp³-hybridized carbons (Fsp3) is 0. The number of aromatic nitrogens is 1. The average Bonchev–Trinajstić information content (AvgIpc) is 3.74. The molecule has 0 unspecified atom stereocenters. The second-order valence-electron chi connectivity index (χ2n) is 17.7. The maximum atomic E-state index is 7.50. The lowest BCUT2D eigenvalue weighted by molar-refractivity contribution is 0.488. The molecule has 4 heteroatoms. The van der Waals surface area contributed by atoms with Gasteiger partial charge in [0.05, 0.1) is 5.52 Å². The maximum absolute atomic E-state index is 7.50. The molecule has 64 heavy (non-hydrogen) atoms. The van der Waals surface area contributed by atoms with Gasteiger partial charge in [-0.3, -0.25) is 0 Å². The van der Waals surface area contributed by atoms with E-state index in [-0.39, 0.29) is 13.4 Å². The largest absolute Gasteiger partial charge is 0.458 e. The molecule has 10 aromatic carbocycles. The summed E-state index contributed by atoms with van der Waals surface area (Å²) < 4.78 is 10.1. The fourth-order valence-electron chi connectivity index (χ4n) is 12.3. The van der Waals surface area contributed by atoms with Gasteiger partial charge in [0.1, 0.15) is 11.5 Å². The van der Waals surface area contributed by atoms with E-state index in [4.69, 9.17) is 4.74 Å². The van der Waals surface area contributed by atoms with E-state index in [2.05, 4.69) is 217 Å². The fourth-order valence-corrected chi connectivity index (χ4v) is 12.3. The molecule has 0 bridgehead atoms. The van der Waals surface area contributed by atoms with Crippen molar-refractivity contribution >= 4 is 68.0 Å². The summed E-state index contributed by atoms with van der Waals surface area (Å²) in [7, 11) is 0. The number of ether oxygens (including phenoxy) is 1. The van der Waals surface area contributed by atoms with Crippen molar-refractivity contribution in [3.63, 3.8) is 0 Å². The highest BCUT2D eigenvalue weighted by molar-refractivity contribution is 7.02. The third-order valence-corrected chi connectivity index (χ3v) is 14.7. The zero-order valence-corrected chi connectivity index (χ0v) is 34.7. The van der Waals surface area contributed by atoms with Crippen LogP contribution in [0.4, 0.5) is 0 Å². The van der Waals surface area contributed by atoms with Gasteiger partial charge in [-0.05, 0) is 113 Å². The third-order valence-electron chi connectivity index (χ3n) is 14.7. The van der Waals surface area contributed by atoms with Gasteiger partial charge >= 0.3 is 0 Å². The molecule has 0 aliphatic carbocycles. The second-order valence-corrected chi connectivity index (χ2v) is 17.7. The molecule has 0 amide bonds. The lowest BCUT2D eigenvalue weighted by Gasteiger charge is -2.34. The predicted molar refractivity (Wildman–Crippen MR) is 269 cm³/mol. The number of fused-ring (bicyclic) bond motifs is 22. The van der Waals surface area contributed by atoms with E-state index in [0.717, 1.165) is 11.5 Å². The first-order valence-electron chi connectivity index (χ1n) is 22.4. The SMILES string of the molecule is c1ccc2c(c1)B1c3c(cccc3-c3ccccc3-c3ccccc3-2)Oc2cc3c4c(c21)c1ccccc1n4-c1cccc2c1B3c1ccccc1-c1ccccc1-c1ccccc1-2. The van der Waals surface area contributed by atoms with Crippen LogP contribution in [0.5, 0.6) is 11.5 Å². The third kappa shape index (κ3) is 4.42. The van der Waals surface area contributed by atoms with Crippen LogP contribution in [0.15, 0.2) is 212 Å². The summed E-state index contributed by atoms with van der Waals surface area (Å²) >= 11 is 0. The lowest BCUT2D eigenvalue weighted by atomic mass is 9.31. The minimum absolute atomic E-state index is 0.0888. The molecular formula is C60H35B2NO. The highest BCUT2D eigenvalue weighted by Crippen LogP contribution is 2.45. The van der Waals surface area contributed by atoms with E-state index in [9.17, 15) is 0 Å². The Balaban J connectivity index is 1.14. The number of rotatable bonds is 0. The van der Waals surface area contributed by atoms with Crippen LogP contribution in [0.3, 0.4) is 0 Å². The van der Waals surface area contributed by atoms with E-state index < -0.39 is 0 Å². The Morgan fingerprint density at radius 2 is 0.750 bits per heavy atom. The lowest BCUT2D eigenvalue weighted by Crippen LogP contribution is -2.60. The Morgan fingerprint density at radius 3 is 1.34 bits per heavy atom. The number of para-hydroxylation sites is 1. The monoisotopic (exact) mass is 807 g/mol. The zero-order valence-electron chi connectivity index (χ0n) is 34.7. The molecule has 0 N–H and O–H groups in total. The van der Waals surface area contributed by atoms with Gasteiger partial charge in [-0.15, -0.1) is 0 Å². The van der Waals surface area contributed by atoms with Crippen LogP contribution in [-0.2, 0) is 0 Å². The smallest absolute Gasteiger partial charge is 0.253 e. The number of nitrogens with zero attached hydrogens (tertiary/aromatic N) is 1. The highest BCUT2D eigenvalue weighted by atomic mass is 16.5. The van der Waals surface area contributed by atoms with Crippen molar-refractivity contribution in [2.75, 3.05) is 0 Å². The summed E-state index contributed by atoms with van der Waals surface area (Å²) in [4.78, 5) is 0. The molecule has 0 spiro atoms. The van der Waals surface area contributed by atoms with Crippen LogP contribution in [0.1, 0.15) is 0 Å². The molecule has 2 nitrogen and oxygen atoms in total. The van der Waals surface area contributed by atoms with Gasteiger partial charge in [0.25, 0.3) is 6.71 Å². The minimum Gasteiger partial charge on any atom is -0.458 e. The standard InChI is InChI=1S/C60H35B2NO/c1-5-21-40-36(17-1)38-19-3-7-23-42(38)46-28-15-33-53-57(46)61(49-30-12-9-25-44(40)49)51-35-55-59(56-48-27-11-14-32-52(48)63(53)60(51)56)62-50-31-13-10-26-45(50)41-22-6-2-18-37(41)39-20-4-8-24-43(39)47-29-16-34-54(64-55)58(47)62/h1-35H. The van der Waals surface area contributed by atoms with Gasteiger partial charge in [0, 0.05) is 22.0 Å². The maximum Gasteiger partial charge on any atom is 0.253 e. The summed E-state index contributed by atoms with van der Waals surface area (Å²) in [5, 5.41) is 2.50. The molecule has 1 aromatic heterocycles. The van der Waals surface area contributed by atoms with Crippen LogP contribution in [-0.4, -0.2) is 18.0 Å². The first-order valence-corrected chi connectivity index (χ1v) is 22.4. The van der Waals surface area contributed by atoms with Gasteiger partial charge < -0.3 is 9.30 Å². The van der Waals surface area contributed by atoms with Crippen LogP contribution in [0.2, 0.25) is 0 Å². The van der Waals surface area contributed by atoms with Gasteiger partial charge in [0.15, 0.2) is 0 Å². The quantitative estimate of drug-likeness (QED) is 0.139. The van der Waals surface area contributed by atoms with Crippen molar-refractivity contribution in [3.8, 4) is 83.9 Å². The molecule has 0 fully saturated rings. The van der Waals surface area contributed by atoms with Gasteiger partial charge in [-0.2, -0.15) is 0 Å². The second kappa shape index (κ2) is 12.8. The molecule has 0 saturated heterocycles. The van der Waals surface area contributed by atoms with E-state index in [1.165, 1.54) is 127 Å². The Kier molecular flexibility index (Phi) is 6.88. The first-order chi connectivity index (χ1) is 31.8. The molecule has 15 rings (SSSR count). The molecule has 11 aromatic rings.